The number of fused-ring (bicyclic) bond motifs is 1. The lowest BCUT2D eigenvalue weighted by Crippen LogP contribution is -2.60. The van der Waals surface area contributed by atoms with E-state index in [-0.39, 0.29) is 37.6 Å². The van der Waals surface area contributed by atoms with Gasteiger partial charge in [0.2, 0.25) is 5.82 Å². The molecule has 20 heteroatoms. The first-order valence-corrected chi connectivity index (χ1v) is 20.6. The molecule has 0 bridgehead atoms. The number of amides is 1. The molecule has 3 aliphatic heterocycles. The number of likely N-dealkylation sites (N-methyl/N-ethyl adjacent to an activating group) is 1. The molecule has 2 aromatic rings. The quantitative estimate of drug-likeness (QED) is 0.160. The third-order valence-electron chi connectivity index (χ3n) is 11.6. The second kappa shape index (κ2) is 18.7. The number of halogens is 1. The van der Waals surface area contributed by atoms with Gasteiger partial charge < -0.3 is 43.7 Å². The largest absolute Gasteiger partial charge is 0.468 e. The Bertz CT molecular complexity index is 1980. The lowest BCUT2D eigenvalue weighted by Gasteiger charge is -2.46. The molecule has 2 aromatic heterocycles. The fourth-order valence-corrected chi connectivity index (χ4v) is 8.84. The molecule has 0 aromatic carbocycles. The zero-order valence-corrected chi connectivity index (χ0v) is 36.4. The number of rotatable bonds is 9. The van der Waals surface area contributed by atoms with Crippen molar-refractivity contribution < 1.29 is 61.9 Å². The molecular weight excluding hydrogens is 808 g/mol. The fourth-order valence-electron chi connectivity index (χ4n) is 8.04. The van der Waals surface area contributed by atoms with Crippen LogP contribution in [0.4, 0.5) is 9.18 Å². The zero-order valence-electron chi connectivity index (χ0n) is 35.6. The molecule has 5 rings (SSSR count). The standard InChI is InChI=1S/C40H55FN6O12S/c1-11-28-40(7)33(42-37(53)59-40)23(4)31(50)21(2)19-38(5,55-16-12-13-24-14-15-26(60-24)34-43-45-47(44-34)20-30(49)54-10)29(18-27(48)39(6,41)36(52)58-28)57-35-32(51)25(46(8)9)17-22(3)56-35/h14-15,21-23,25,28-29,32-33,35,51H,11,16-20H2,1-10H3,(H,42,53)/t21-,22-,23+,25+,28-,29-,32-,33?,35+,38+,39+,40?/m1/s1. The van der Waals surface area contributed by atoms with Crippen LogP contribution in [-0.2, 0) is 54.1 Å². The summed E-state index contributed by atoms with van der Waals surface area (Å²) in [6.45, 7) is 10.1. The van der Waals surface area contributed by atoms with Crippen LogP contribution < -0.4 is 5.32 Å². The number of ether oxygens (including phenoxy) is 6. The first kappa shape index (κ1) is 46.7. The number of aliphatic hydroxyl groups excluding tert-OH is 1. The predicted octanol–water partition coefficient (Wildman–Crippen LogP) is 2.63. The molecule has 0 spiro atoms. The minimum Gasteiger partial charge on any atom is -0.468 e. The molecule has 0 aliphatic carbocycles. The van der Waals surface area contributed by atoms with E-state index in [1.165, 1.54) is 25.4 Å². The topological polar surface area (TPSA) is 220 Å². The van der Waals surface area contributed by atoms with Crippen molar-refractivity contribution in [2.45, 2.75) is 140 Å². The van der Waals surface area contributed by atoms with Crippen LogP contribution >= 0.6 is 11.3 Å². The second-order valence-corrected chi connectivity index (χ2v) is 17.5. The molecule has 2 N–H and O–H groups in total. The van der Waals surface area contributed by atoms with Crippen LogP contribution in [-0.4, -0.2) is 147 Å². The number of alkyl carbamates (subject to hydrolysis) is 1. The van der Waals surface area contributed by atoms with Gasteiger partial charge in [-0.05, 0) is 78.4 Å². The number of cyclic esters (lactones) is 1. The highest BCUT2D eigenvalue weighted by Crippen LogP contribution is 2.40. The van der Waals surface area contributed by atoms with E-state index >= 15 is 4.39 Å². The first-order valence-electron chi connectivity index (χ1n) is 19.8. The number of nitrogens with zero attached hydrogens (tertiary/aromatic N) is 5. The maximum absolute atomic E-state index is 16.7. The predicted molar refractivity (Wildman–Crippen MR) is 211 cm³/mol. The molecule has 1 amide bonds. The average Bonchev–Trinajstić information content (AvgIpc) is 3.93. The van der Waals surface area contributed by atoms with E-state index in [2.05, 4.69) is 37.3 Å². The van der Waals surface area contributed by atoms with Crippen molar-refractivity contribution in [3.63, 3.8) is 0 Å². The van der Waals surface area contributed by atoms with Crippen molar-refractivity contribution in [2.75, 3.05) is 27.8 Å². The third kappa shape index (κ3) is 10.0. The third-order valence-corrected chi connectivity index (χ3v) is 12.6. The molecular formula is C40H55FN6O12S. The summed E-state index contributed by atoms with van der Waals surface area (Å²) in [5.74, 6) is 0.946. The molecule has 0 saturated carbocycles. The minimum atomic E-state index is -3.21. The fraction of sp³-hybridized carbons (Fsp3) is 0.700. The average molecular weight is 863 g/mol. The summed E-state index contributed by atoms with van der Waals surface area (Å²) in [6, 6.07) is 2.06. The van der Waals surface area contributed by atoms with Crippen molar-refractivity contribution in [2.24, 2.45) is 11.8 Å². The van der Waals surface area contributed by atoms with Crippen molar-refractivity contribution in [1.29, 1.82) is 0 Å². The van der Waals surface area contributed by atoms with Crippen molar-refractivity contribution in [3.8, 4) is 22.5 Å². The molecule has 18 nitrogen and oxygen atoms in total. The highest BCUT2D eigenvalue weighted by atomic mass is 32.1. The van der Waals surface area contributed by atoms with E-state index in [1.54, 1.807) is 60.8 Å². The van der Waals surface area contributed by atoms with Crippen LogP contribution in [0.1, 0.15) is 79.0 Å². The van der Waals surface area contributed by atoms with Crippen molar-refractivity contribution in [3.05, 3.63) is 17.0 Å². The summed E-state index contributed by atoms with van der Waals surface area (Å²) >= 11 is 1.25. The Morgan fingerprint density at radius 2 is 1.88 bits per heavy atom. The number of esters is 2. The number of thiophene rings is 1. The SMILES string of the molecule is CC[C@H]1OC(=O)[C@@](C)(F)C(=O)C[C@@H](O[C@@H]2O[C@H](C)C[C@H](N(C)C)[C@H]2O)[C@@](C)(OCC#Cc2ccc(-c3nnn(CC(=O)OC)n3)s2)C[C@@H](C)C(=O)[C@H](C)C2NC(=O)OC21C. The Morgan fingerprint density at radius 3 is 2.55 bits per heavy atom. The van der Waals surface area contributed by atoms with Gasteiger partial charge in [0.25, 0.3) is 5.67 Å². The summed E-state index contributed by atoms with van der Waals surface area (Å²) in [7, 11) is 4.84. The van der Waals surface area contributed by atoms with Gasteiger partial charge in [-0.25, -0.2) is 18.8 Å². The van der Waals surface area contributed by atoms with E-state index in [0.717, 1.165) is 11.7 Å². The van der Waals surface area contributed by atoms with Gasteiger partial charge in [0.05, 0.1) is 40.7 Å². The van der Waals surface area contributed by atoms with Gasteiger partial charge in [0, 0.05) is 24.3 Å². The number of tetrazole rings is 1. The molecule has 60 heavy (non-hydrogen) atoms. The monoisotopic (exact) mass is 862 g/mol. The highest BCUT2D eigenvalue weighted by molar-refractivity contribution is 7.15. The van der Waals surface area contributed by atoms with Crippen LogP contribution in [0.15, 0.2) is 12.1 Å². The van der Waals surface area contributed by atoms with E-state index < -0.39 is 102 Å². The Kier molecular flexibility index (Phi) is 14.5. The Morgan fingerprint density at radius 1 is 1.17 bits per heavy atom. The maximum Gasteiger partial charge on any atom is 0.408 e. The van der Waals surface area contributed by atoms with Crippen LogP contribution in [0.3, 0.4) is 0 Å². The lowest BCUT2D eigenvalue weighted by atomic mass is 9.75. The molecule has 330 valence electrons. The number of alkyl halides is 1. The Hall–Kier alpha value is -4.39. The Labute approximate surface area is 352 Å². The number of Topliss-reactive ketones (excluding diaryl/α,β-unsaturated/α-hetero) is 2. The molecule has 12 atom stereocenters. The van der Waals surface area contributed by atoms with Crippen molar-refractivity contribution >= 4 is 40.9 Å². The molecule has 0 radical (unpaired) electrons. The summed E-state index contributed by atoms with van der Waals surface area (Å²) in [6.07, 6.45) is -6.76. The Balaban J connectivity index is 1.51. The molecule has 5 heterocycles. The van der Waals surface area contributed by atoms with Gasteiger partial charge in [-0.2, -0.15) is 4.80 Å². The van der Waals surface area contributed by atoms with Crippen LogP contribution in [0.25, 0.3) is 10.7 Å². The summed E-state index contributed by atoms with van der Waals surface area (Å²) < 4.78 is 51.6. The van der Waals surface area contributed by atoms with E-state index in [9.17, 15) is 29.1 Å². The molecule has 3 saturated heterocycles. The van der Waals surface area contributed by atoms with Gasteiger partial charge in [0.15, 0.2) is 24.2 Å². The van der Waals surface area contributed by atoms with E-state index in [4.69, 9.17) is 23.7 Å². The number of carbonyl (C=O) groups excluding carboxylic acids is 5. The van der Waals surface area contributed by atoms with Gasteiger partial charge in [-0.15, -0.1) is 21.5 Å². The van der Waals surface area contributed by atoms with Gasteiger partial charge in [0.1, 0.15) is 24.6 Å². The summed E-state index contributed by atoms with van der Waals surface area (Å²) in [5.41, 5.74) is -6.42. The number of hydrogen-bond acceptors (Lipinski definition) is 17. The normalized spacial score (nSPS) is 35.4. The highest BCUT2D eigenvalue weighted by Gasteiger charge is 2.58. The number of aromatic nitrogens is 4. The number of methoxy groups -OCH3 is 1. The zero-order chi connectivity index (χ0) is 44.3. The number of carbonyl (C=O) groups is 5. The van der Waals surface area contributed by atoms with Gasteiger partial charge >= 0.3 is 18.0 Å². The van der Waals surface area contributed by atoms with Gasteiger partial charge in [-0.3, -0.25) is 9.59 Å². The van der Waals surface area contributed by atoms with E-state index in [1.807, 2.05) is 4.90 Å². The number of aliphatic hydroxyl groups is 1. The maximum atomic E-state index is 16.7. The number of ketones is 2. The molecule has 2 unspecified atom stereocenters. The van der Waals surface area contributed by atoms with Gasteiger partial charge in [-0.1, -0.05) is 32.6 Å². The molecule has 3 aliphatic rings. The lowest BCUT2D eigenvalue weighted by molar-refractivity contribution is -0.290. The minimum absolute atomic E-state index is 0.0670. The summed E-state index contributed by atoms with van der Waals surface area (Å²) in [5, 5.41) is 26.2. The van der Waals surface area contributed by atoms with Crippen LogP contribution in [0.5, 0.6) is 0 Å². The van der Waals surface area contributed by atoms with Crippen LogP contribution in [0.2, 0.25) is 0 Å². The smallest absolute Gasteiger partial charge is 0.408 e. The van der Waals surface area contributed by atoms with Crippen molar-refractivity contribution in [1.82, 2.24) is 30.4 Å². The first-order chi connectivity index (χ1) is 28.1. The molecule has 3 fully saturated rings. The number of nitrogens with one attached hydrogen (secondary N) is 1. The summed E-state index contributed by atoms with van der Waals surface area (Å²) in [4.78, 5) is 70.5. The van der Waals surface area contributed by atoms with Crippen LogP contribution in [0, 0.1) is 23.7 Å². The second-order valence-electron chi connectivity index (χ2n) is 16.4. The number of hydrogen-bond donors (Lipinski definition) is 2. The van der Waals surface area contributed by atoms with E-state index in [0.29, 0.717) is 16.2 Å².